The third-order valence-electron chi connectivity index (χ3n) is 3.14. The molecule has 2 heterocycles. The van der Waals surface area contributed by atoms with Crippen LogP contribution in [0.15, 0.2) is 18.3 Å². The highest BCUT2D eigenvalue weighted by Gasteiger charge is 2.29. The van der Waals surface area contributed by atoms with Gasteiger partial charge >= 0.3 is 5.97 Å². The Bertz CT molecular complexity index is 400. The zero-order valence-electron chi connectivity index (χ0n) is 9.56. The minimum atomic E-state index is -0.830. The quantitative estimate of drug-likeness (QED) is 0.769. The maximum Gasteiger partial charge on any atom is 0.320 e. The van der Waals surface area contributed by atoms with E-state index in [1.807, 2.05) is 0 Å². The number of Topliss-reactive ketones (excluding diaryl/α,β-unsaturated/α-hetero) is 1. The maximum atomic E-state index is 11.9. The van der Waals surface area contributed by atoms with Gasteiger partial charge in [-0.2, -0.15) is 0 Å². The second-order valence-corrected chi connectivity index (χ2v) is 4.33. The Morgan fingerprint density at radius 1 is 1.47 bits per heavy atom. The lowest BCUT2D eigenvalue weighted by molar-refractivity contribution is -0.144. The molecule has 2 N–H and O–H groups in total. The number of ketones is 1. The van der Waals surface area contributed by atoms with E-state index in [-0.39, 0.29) is 12.3 Å². The number of aromatic amines is 1. The molecule has 5 nitrogen and oxygen atoms in total. The predicted molar refractivity (Wildman–Crippen MR) is 62.0 cm³/mol. The minimum Gasteiger partial charge on any atom is -0.480 e. The van der Waals surface area contributed by atoms with Gasteiger partial charge in [-0.3, -0.25) is 14.5 Å². The summed E-state index contributed by atoms with van der Waals surface area (Å²) in [6.45, 7) is 0.862. The summed E-state index contributed by atoms with van der Waals surface area (Å²) in [6.07, 6.45) is 4.21. The molecule has 0 spiro atoms. The number of carboxylic acid groups (broad SMARTS) is 1. The standard InChI is InChI=1S/C12H16N2O3/c15-11(9-4-3-6-13-9)8-14-7-2-1-5-10(14)12(16)17/h3-4,6,10,13H,1-2,5,7-8H2,(H,16,17)/t10-/m1/s1. The number of nitrogens with zero attached hydrogens (tertiary/aromatic N) is 1. The van der Waals surface area contributed by atoms with Gasteiger partial charge in [-0.05, 0) is 31.5 Å². The summed E-state index contributed by atoms with van der Waals surface area (Å²) in [6, 6.07) is 2.96. The average Bonchev–Trinajstić information content (AvgIpc) is 2.83. The monoisotopic (exact) mass is 236 g/mol. The lowest BCUT2D eigenvalue weighted by Gasteiger charge is -2.31. The van der Waals surface area contributed by atoms with E-state index in [1.54, 1.807) is 23.2 Å². The van der Waals surface area contributed by atoms with Crippen LogP contribution in [0.4, 0.5) is 0 Å². The molecule has 2 rings (SSSR count). The van der Waals surface area contributed by atoms with Crippen LogP contribution in [-0.2, 0) is 4.79 Å². The number of carbonyl (C=O) groups excluding carboxylic acids is 1. The molecule has 1 aliphatic heterocycles. The molecule has 5 heteroatoms. The Hall–Kier alpha value is -1.62. The molecule has 0 aromatic carbocycles. The number of likely N-dealkylation sites (tertiary alicyclic amines) is 1. The second kappa shape index (κ2) is 5.14. The first-order valence-corrected chi connectivity index (χ1v) is 5.82. The van der Waals surface area contributed by atoms with Crippen LogP contribution in [0.3, 0.4) is 0 Å². The molecule has 1 aromatic heterocycles. The van der Waals surface area contributed by atoms with Crippen molar-refractivity contribution >= 4 is 11.8 Å². The first kappa shape index (κ1) is 11.9. The van der Waals surface area contributed by atoms with Crippen molar-refractivity contribution in [3.05, 3.63) is 24.0 Å². The Kier molecular flexibility index (Phi) is 3.58. The van der Waals surface area contributed by atoms with Crippen molar-refractivity contribution < 1.29 is 14.7 Å². The smallest absolute Gasteiger partial charge is 0.320 e. The van der Waals surface area contributed by atoms with Crippen molar-refractivity contribution in [1.29, 1.82) is 0 Å². The van der Waals surface area contributed by atoms with Crippen molar-refractivity contribution in [1.82, 2.24) is 9.88 Å². The normalized spacial score (nSPS) is 21.3. The van der Waals surface area contributed by atoms with Crippen molar-refractivity contribution in [2.75, 3.05) is 13.1 Å². The molecule has 0 saturated carbocycles. The number of carboxylic acids is 1. The molecule has 0 aliphatic carbocycles. The van der Waals surface area contributed by atoms with Crippen molar-refractivity contribution in [2.45, 2.75) is 25.3 Å². The summed E-state index contributed by atoms with van der Waals surface area (Å²) >= 11 is 0. The van der Waals surface area contributed by atoms with E-state index < -0.39 is 12.0 Å². The van der Waals surface area contributed by atoms with Crippen LogP contribution < -0.4 is 0 Å². The first-order valence-electron chi connectivity index (χ1n) is 5.82. The highest BCUT2D eigenvalue weighted by atomic mass is 16.4. The number of carbonyl (C=O) groups is 2. The zero-order valence-corrected chi connectivity index (χ0v) is 9.56. The van der Waals surface area contributed by atoms with Crippen molar-refractivity contribution in [3.63, 3.8) is 0 Å². The molecule has 0 bridgehead atoms. The van der Waals surface area contributed by atoms with Crippen LogP contribution in [0.2, 0.25) is 0 Å². The Morgan fingerprint density at radius 2 is 2.29 bits per heavy atom. The van der Waals surface area contributed by atoms with Gasteiger partial charge in [-0.15, -0.1) is 0 Å². The number of piperidine rings is 1. The third kappa shape index (κ3) is 2.74. The minimum absolute atomic E-state index is 0.0526. The number of rotatable bonds is 4. The Labute approximate surface area is 99.4 Å². The van der Waals surface area contributed by atoms with E-state index in [0.717, 1.165) is 12.8 Å². The summed E-state index contributed by atoms with van der Waals surface area (Å²) in [5.41, 5.74) is 0.541. The topological polar surface area (TPSA) is 73.4 Å². The Morgan fingerprint density at radius 3 is 2.94 bits per heavy atom. The molecule has 0 unspecified atom stereocenters. The number of hydrogen-bond acceptors (Lipinski definition) is 3. The molecular formula is C12H16N2O3. The van der Waals surface area contributed by atoms with Gasteiger partial charge in [0, 0.05) is 6.20 Å². The van der Waals surface area contributed by atoms with E-state index in [9.17, 15) is 9.59 Å². The van der Waals surface area contributed by atoms with Crippen LogP contribution in [0.5, 0.6) is 0 Å². The number of aliphatic carboxylic acids is 1. The maximum absolute atomic E-state index is 11.9. The molecule has 1 atom stereocenters. The highest BCUT2D eigenvalue weighted by Crippen LogP contribution is 2.17. The highest BCUT2D eigenvalue weighted by molar-refractivity contribution is 5.96. The van der Waals surface area contributed by atoms with Gasteiger partial charge in [0.1, 0.15) is 6.04 Å². The molecular weight excluding hydrogens is 220 g/mol. The van der Waals surface area contributed by atoms with E-state index >= 15 is 0 Å². The van der Waals surface area contributed by atoms with Gasteiger partial charge in [0.2, 0.25) is 0 Å². The van der Waals surface area contributed by atoms with Gasteiger partial charge < -0.3 is 10.1 Å². The fraction of sp³-hybridized carbons (Fsp3) is 0.500. The van der Waals surface area contributed by atoms with Crippen LogP contribution in [-0.4, -0.2) is 45.9 Å². The number of nitrogens with one attached hydrogen (secondary N) is 1. The van der Waals surface area contributed by atoms with Crippen LogP contribution in [0, 0.1) is 0 Å². The van der Waals surface area contributed by atoms with Crippen LogP contribution >= 0.6 is 0 Å². The molecule has 17 heavy (non-hydrogen) atoms. The fourth-order valence-electron chi connectivity index (χ4n) is 2.23. The Balaban J connectivity index is 2.01. The van der Waals surface area contributed by atoms with Crippen LogP contribution in [0.25, 0.3) is 0 Å². The van der Waals surface area contributed by atoms with Crippen molar-refractivity contribution in [2.24, 2.45) is 0 Å². The van der Waals surface area contributed by atoms with Gasteiger partial charge in [0.05, 0.1) is 12.2 Å². The van der Waals surface area contributed by atoms with Crippen molar-refractivity contribution in [3.8, 4) is 0 Å². The molecule has 1 aromatic rings. The van der Waals surface area contributed by atoms with Crippen LogP contribution in [0.1, 0.15) is 29.8 Å². The summed E-state index contributed by atoms with van der Waals surface area (Å²) in [5, 5.41) is 9.09. The lowest BCUT2D eigenvalue weighted by atomic mass is 10.0. The van der Waals surface area contributed by atoms with Gasteiger partial charge in [0.15, 0.2) is 5.78 Å². The number of H-pyrrole nitrogens is 1. The van der Waals surface area contributed by atoms with Gasteiger partial charge in [-0.1, -0.05) is 6.42 Å². The summed E-state index contributed by atoms with van der Waals surface area (Å²) in [5.74, 6) is -0.882. The number of aromatic nitrogens is 1. The second-order valence-electron chi connectivity index (χ2n) is 4.33. The predicted octanol–water partition coefficient (Wildman–Crippen LogP) is 1.14. The lowest BCUT2D eigenvalue weighted by Crippen LogP contribution is -2.46. The largest absolute Gasteiger partial charge is 0.480 e. The summed E-state index contributed by atoms with van der Waals surface area (Å²) in [4.78, 5) is 27.6. The molecule has 1 aliphatic rings. The molecule has 0 amide bonds. The first-order chi connectivity index (χ1) is 8.18. The SMILES string of the molecule is O=C(CN1CCCC[C@@H]1C(=O)O)c1ccc[nH]1. The third-order valence-corrected chi connectivity index (χ3v) is 3.14. The average molecular weight is 236 g/mol. The zero-order chi connectivity index (χ0) is 12.3. The van der Waals surface area contributed by atoms with E-state index in [2.05, 4.69) is 4.98 Å². The fourth-order valence-corrected chi connectivity index (χ4v) is 2.23. The molecule has 92 valence electrons. The summed E-state index contributed by atoms with van der Waals surface area (Å²) < 4.78 is 0. The molecule has 1 saturated heterocycles. The van der Waals surface area contributed by atoms with Gasteiger partial charge in [0.25, 0.3) is 0 Å². The molecule has 1 fully saturated rings. The number of hydrogen-bond donors (Lipinski definition) is 2. The van der Waals surface area contributed by atoms with Gasteiger partial charge in [-0.25, -0.2) is 0 Å². The van der Waals surface area contributed by atoms with E-state index in [0.29, 0.717) is 18.7 Å². The molecule has 0 radical (unpaired) electrons. The van der Waals surface area contributed by atoms with E-state index in [4.69, 9.17) is 5.11 Å². The van der Waals surface area contributed by atoms with E-state index in [1.165, 1.54) is 0 Å². The summed E-state index contributed by atoms with van der Waals surface area (Å²) in [7, 11) is 0.